The van der Waals surface area contributed by atoms with Gasteiger partial charge in [-0.2, -0.15) is 0 Å². The number of rotatable bonds is 3. The quantitative estimate of drug-likeness (QED) is 0.852. The number of hydrogen-bond acceptors (Lipinski definition) is 4. The van der Waals surface area contributed by atoms with Gasteiger partial charge in [-0.05, 0) is 18.2 Å². The molecule has 1 heterocycles. The Morgan fingerprint density at radius 3 is 2.47 bits per heavy atom. The second-order valence-corrected chi connectivity index (χ2v) is 7.14. The molecular weight excluding hydrogens is 318 g/mol. The van der Waals surface area contributed by atoms with Gasteiger partial charge in [0.1, 0.15) is 15.8 Å². The summed E-state index contributed by atoms with van der Waals surface area (Å²) < 4.78 is 52.4. The summed E-state index contributed by atoms with van der Waals surface area (Å²) in [5, 5.41) is 0. The number of halogens is 3. The van der Waals surface area contributed by atoms with Crippen LogP contribution in [-0.4, -0.2) is 8.42 Å². The molecule has 0 aliphatic rings. The topological polar surface area (TPSA) is 72.2 Å². The minimum absolute atomic E-state index is 0.0835. The molecule has 9 heteroatoms. The van der Waals surface area contributed by atoms with Crippen LogP contribution in [0, 0.1) is 11.6 Å². The summed E-state index contributed by atoms with van der Waals surface area (Å²) >= 11 is 6.44. The van der Waals surface area contributed by atoms with Crippen LogP contribution in [-0.2, 0) is 10.0 Å². The third-order valence-electron chi connectivity index (χ3n) is 2.14. The summed E-state index contributed by atoms with van der Waals surface area (Å²) in [5.74, 6) is -2.02. The Kier molecular flexibility index (Phi) is 3.66. The van der Waals surface area contributed by atoms with E-state index in [1.165, 1.54) is 12.1 Å². The molecule has 0 aliphatic heterocycles. The summed E-state index contributed by atoms with van der Waals surface area (Å²) in [6.07, 6.45) is 0. The van der Waals surface area contributed by atoms with Crippen molar-refractivity contribution in [3.63, 3.8) is 0 Å². The predicted molar refractivity (Wildman–Crippen MR) is 70.9 cm³/mol. The van der Waals surface area contributed by atoms with E-state index >= 15 is 0 Å². The normalized spacial score (nSPS) is 11.5. The zero-order chi connectivity index (χ0) is 14.2. The highest BCUT2D eigenvalue weighted by atomic mass is 35.5. The second-order valence-electron chi connectivity index (χ2n) is 3.52. The summed E-state index contributed by atoms with van der Waals surface area (Å²) in [7, 11) is -3.98. The Hall–Kier alpha value is -1.38. The van der Waals surface area contributed by atoms with E-state index in [9.17, 15) is 17.2 Å². The van der Waals surface area contributed by atoms with Crippen molar-refractivity contribution in [1.82, 2.24) is 0 Å². The van der Waals surface area contributed by atoms with Crippen LogP contribution in [0.1, 0.15) is 0 Å². The predicted octanol–water partition coefficient (Wildman–Crippen LogP) is 3.06. The van der Waals surface area contributed by atoms with Gasteiger partial charge in [0, 0.05) is 6.07 Å². The van der Waals surface area contributed by atoms with Gasteiger partial charge in [0.25, 0.3) is 10.0 Å². The van der Waals surface area contributed by atoms with E-state index in [0.29, 0.717) is 6.07 Å². The monoisotopic (exact) mass is 324 g/mol. The minimum Gasteiger partial charge on any atom is -0.396 e. The van der Waals surface area contributed by atoms with Crippen LogP contribution in [0.2, 0.25) is 4.34 Å². The van der Waals surface area contributed by atoms with Crippen LogP contribution in [0.4, 0.5) is 20.2 Å². The molecule has 0 bridgehead atoms. The maximum absolute atomic E-state index is 13.4. The number of thiophene rings is 1. The van der Waals surface area contributed by atoms with E-state index < -0.39 is 27.3 Å². The van der Waals surface area contributed by atoms with Crippen molar-refractivity contribution >= 4 is 44.3 Å². The fraction of sp³-hybridized carbons (Fsp3) is 0. The van der Waals surface area contributed by atoms with E-state index in [1.807, 2.05) is 4.72 Å². The molecule has 0 amide bonds. The number of sulfonamides is 1. The molecule has 3 N–H and O–H groups in total. The molecule has 0 saturated heterocycles. The lowest BCUT2D eigenvalue weighted by atomic mass is 10.2. The average Bonchev–Trinajstić information content (AvgIpc) is 2.73. The first kappa shape index (κ1) is 14.0. The van der Waals surface area contributed by atoms with Crippen molar-refractivity contribution in [3.05, 3.63) is 40.2 Å². The summed E-state index contributed by atoms with van der Waals surface area (Å²) in [6.45, 7) is 0. The average molecular weight is 325 g/mol. The number of hydrogen-bond donors (Lipinski definition) is 2. The number of nitrogens with one attached hydrogen (secondary N) is 1. The first-order chi connectivity index (χ1) is 8.79. The van der Waals surface area contributed by atoms with Crippen LogP contribution in [0.15, 0.2) is 28.5 Å². The molecule has 0 radical (unpaired) electrons. The standard InChI is InChI=1S/C10H7ClF2N2O2S2/c11-9-1-2-10(18-9)19(16,17)15-8-4-7(14)5(12)3-6(8)13/h1-4,15H,14H2. The Morgan fingerprint density at radius 1 is 1.21 bits per heavy atom. The first-order valence-electron chi connectivity index (χ1n) is 4.82. The van der Waals surface area contributed by atoms with Crippen LogP contribution in [0.5, 0.6) is 0 Å². The van der Waals surface area contributed by atoms with Gasteiger partial charge in [-0.15, -0.1) is 11.3 Å². The SMILES string of the molecule is Nc1cc(NS(=O)(=O)c2ccc(Cl)s2)c(F)cc1F. The fourth-order valence-corrected chi connectivity index (χ4v) is 3.82. The van der Waals surface area contributed by atoms with Crippen LogP contribution in [0.25, 0.3) is 0 Å². The van der Waals surface area contributed by atoms with Crippen molar-refractivity contribution < 1.29 is 17.2 Å². The minimum atomic E-state index is -3.98. The molecule has 102 valence electrons. The Bertz CT molecular complexity index is 731. The highest BCUT2D eigenvalue weighted by Gasteiger charge is 2.19. The maximum Gasteiger partial charge on any atom is 0.271 e. The molecule has 0 aliphatic carbocycles. The molecule has 0 fully saturated rings. The summed E-state index contributed by atoms with van der Waals surface area (Å²) in [5.41, 5.74) is 4.47. The van der Waals surface area contributed by atoms with Gasteiger partial charge in [0.05, 0.1) is 15.7 Å². The van der Waals surface area contributed by atoms with Gasteiger partial charge in [-0.25, -0.2) is 17.2 Å². The lowest BCUT2D eigenvalue weighted by Gasteiger charge is -2.08. The van der Waals surface area contributed by atoms with Crippen molar-refractivity contribution in [2.75, 3.05) is 10.5 Å². The Labute approximate surface area is 116 Å². The van der Waals surface area contributed by atoms with Crippen molar-refractivity contribution in [1.29, 1.82) is 0 Å². The highest BCUT2D eigenvalue weighted by molar-refractivity contribution is 7.94. The maximum atomic E-state index is 13.4. The first-order valence-corrected chi connectivity index (χ1v) is 7.50. The fourth-order valence-electron chi connectivity index (χ4n) is 1.28. The third kappa shape index (κ3) is 2.96. The third-order valence-corrected chi connectivity index (χ3v) is 5.23. The van der Waals surface area contributed by atoms with E-state index in [1.54, 1.807) is 0 Å². The molecule has 1 aromatic carbocycles. The lowest BCUT2D eigenvalue weighted by molar-refractivity contribution is 0.585. The molecule has 1 aromatic heterocycles. The number of anilines is 2. The van der Waals surface area contributed by atoms with Crippen LogP contribution in [0.3, 0.4) is 0 Å². The molecule has 0 atom stereocenters. The van der Waals surface area contributed by atoms with Gasteiger partial charge < -0.3 is 5.73 Å². The van der Waals surface area contributed by atoms with Gasteiger partial charge in [-0.3, -0.25) is 4.72 Å². The molecule has 0 spiro atoms. The zero-order valence-corrected chi connectivity index (χ0v) is 11.5. The lowest BCUT2D eigenvalue weighted by Crippen LogP contribution is -2.13. The van der Waals surface area contributed by atoms with Crippen LogP contribution < -0.4 is 10.5 Å². The van der Waals surface area contributed by atoms with E-state index in [-0.39, 0.29) is 14.2 Å². The van der Waals surface area contributed by atoms with Crippen molar-refractivity contribution in [3.8, 4) is 0 Å². The molecule has 2 aromatic rings. The van der Waals surface area contributed by atoms with Gasteiger partial charge >= 0.3 is 0 Å². The van der Waals surface area contributed by atoms with Crippen LogP contribution >= 0.6 is 22.9 Å². The highest BCUT2D eigenvalue weighted by Crippen LogP contribution is 2.29. The summed E-state index contributed by atoms with van der Waals surface area (Å²) in [6, 6.07) is 4.06. The molecular formula is C10H7ClF2N2O2S2. The Morgan fingerprint density at radius 2 is 1.89 bits per heavy atom. The molecule has 2 rings (SSSR count). The molecule has 19 heavy (non-hydrogen) atoms. The molecule has 4 nitrogen and oxygen atoms in total. The second kappa shape index (κ2) is 4.95. The number of nitrogens with two attached hydrogens (primary N) is 1. The largest absolute Gasteiger partial charge is 0.396 e. The van der Waals surface area contributed by atoms with Gasteiger partial charge in [0.15, 0.2) is 0 Å². The zero-order valence-electron chi connectivity index (χ0n) is 9.15. The number of benzene rings is 1. The van der Waals surface area contributed by atoms with Crippen molar-refractivity contribution in [2.24, 2.45) is 0 Å². The van der Waals surface area contributed by atoms with Crippen molar-refractivity contribution in [2.45, 2.75) is 4.21 Å². The van der Waals surface area contributed by atoms with Gasteiger partial charge in [-0.1, -0.05) is 11.6 Å². The number of nitrogen functional groups attached to an aromatic ring is 1. The van der Waals surface area contributed by atoms with E-state index in [4.69, 9.17) is 17.3 Å². The Balaban J connectivity index is 2.38. The van der Waals surface area contributed by atoms with E-state index in [2.05, 4.69) is 0 Å². The molecule has 0 saturated carbocycles. The van der Waals surface area contributed by atoms with Gasteiger partial charge in [0.2, 0.25) is 0 Å². The smallest absolute Gasteiger partial charge is 0.271 e. The summed E-state index contributed by atoms with van der Waals surface area (Å²) in [4.78, 5) is 0. The molecule has 0 unspecified atom stereocenters. The van der Waals surface area contributed by atoms with E-state index in [0.717, 1.165) is 17.4 Å².